The maximum absolute atomic E-state index is 13.4. The molecule has 2 saturated heterocycles. The van der Waals surface area contributed by atoms with E-state index in [2.05, 4.69) is 15.2 Å². The molecule has 206 valence electrons. The third-order valence-corrected chi connectivity index (χ3v) is 8.80. The summed E-state index contributed by atoms with van der Waals surface area (Å²) >= 11 is 7.83. The Bertz CT molecular complexity index is 1360. The van der Waals surface area contributed by atoms with Crippen molar-refractivity contribution < 1.29 is 21.7 Å². The van der Waals surface area contributed by atoms with Crippen molar-refractivity contribution in [2.24, 2.45) is 5.92 Å². The number of piperidine rings is 1. The number of aryl methyl sites for hydroxylation is 1. The normalized spacial score (nSPS) is 24.8. The molecule has 0 bridgehead atoms. The molecule has 38 heavy (non-hydrogen) atoms. The summed E-state index contributed by atoms with van der Waals surface area (Å²) in [5.41, 5.74) is 0.515. The fraction of sp³-hybridized carbons (Fsp3) is 0.571. The van der Waals surface area contributed by atoms with Crippen LogP contribution in [0.4, 0.5) is 0 Å². The second-order valence-electron chi connectivity index (χ2n) is 10.4. The summed E-state index contributed by atoms with van der Waals surface area (Å²) in [6, 6.07) is 3.15. The molecule has 2 aromatic rings. The SMILES string of the molecule is [2H]C([2H])(NC(=O)c1cc(Cl)c2c(c1C)O[C@@](C)(C1CCN(C[C@@H]3CCCO3)CC1)O2)c1c(SC)cc(C)[nH]c1=O. The van der Waals surface area contributed by atoms with Crippen molar-refractivity contribution in [3.05, 3.63) is 49.9 Å². The highest BCUT2D eigenvalue weighted by Crippen LogP contribution is 2.51. The smallest absolute Gasteiger partial charge is 0.254 e. The number of nitrogens with one attached hydrogen (secondary N) is 2. The zero-order valence-electron chi connectivity index (χ0n) is 24.2. The minimum absolute atomic E-state index is 0.126. The fourth-order valence-corrected chi connectivity index (χ4v) is 6.46. The Morgan fingerprint density at radius 1 is 1.26 bits per heavy atom. The summed E-state index contributed by atoms with van der Waals surface area (Å²) in [5.74, 6) is -0.735. The van der Waals surface area contributed by atoms with Crippen LogP contribution in [0.5, 0.6) is 11.5 Å². The van der Waals surface area contributed by atoms with Gasteiger partial charge in [0, 0.05) is 59.8 Å². The van der Waals surface area contributed by atoms with Crippen LogP contribution in [0.1, 0.15) is 62.5 Å². The monoisotopic (exact) mass is 563 g/mol. The molecule has 0 unspecified atom stereocenters. The summed E-state index contributed by atoms with van der Waals surface area (Å²) in [5, 5.41) is 2.60. The van der Waals surface area contributed by atoms with Crippen molar-refractivity contribution >= 4 is 29.3 Å². The Hall–Kier alpha value is -2.20. The molecule has 4 heterocycles. The number of fused-ring (bicyclic) bond motifs is 1. The highest BCUT2D eigenvalue weighted by Gasteiger charge is 2.47. The Morgan fingerprint density at radius 3 is 2.68 bits per heavy atom. The number of thioether (sulfide) groups is 1. The number of nitrogens with zero attached hydrogens (tertiary/aromatic N) is 1. The van der Waals surface area contributed by atoms with E-state index >= 15 is 0 Å². The summed E-state index contributed by atoms with van der Waals surface area (Å²) in [7, 11) is 0. The van der Waals surface area contributed by atoms with Gasteiger partial charge in [0.2, 0.25) is 0 Å². The number of benzene rings is 1. The van der Waals surface area contributed by atoms with E-state index in [1.54, 1.807) is 26.2 Å². The van der Waals surface area contributed by atoms with Gasteiger partial charge in [-0.05, 0) is 71.0 Å². The number of hydrogen-bond acceptors (Lipinski definition) is 7. The molecule has 3 aliphatic heterocycles. The lowest BCUT2D eigenvalue weighted by Crippen LogP contribution is -2.49. The van der Waals surface area contributed by atoms with Gasteiger partial charge in [0.1, 0.15) is 0 Å². The first-order chi connectivity index (χ1) is 18.9. The zero-order valence-corrected chi connectivity index (χ0v) is 23.8. The Morgan fingerprint density at radius 2 is 2.00 bits per heavy atom. The average molecular weight is 564 g/mol. The van der Waals surface area contributed by atoms with Crippen LogP contribution >= 0.6 is 23.4 Å². The number of rotatable bonds is 7. The van der Waals surface area contributed by atoms with Gasteiger partial charge in [0.05, 0.1) is 13.9 Å². The molecule has 1 aromatic carbocycles. The predicted octanol–water partition coefficient (Wildman–Crippen LogP) is 4.68. The lowest BCUT2D eigenvalue weighted by atomic mass is 9.89. The molecule has 0 aliphatic carbocycles. The highest BCUT2D eigenvalue weighted by atomic mass is 35.5. The van der Waals surface area contributed by atoms with E-state index in [1.807, 2.05) is 6.92 Å². The minimum Gasteiger partial charge on any atom is -0.448 e. The van der Waals surface area contributed by atoms with E-state index in [1.165, 1.54) is 17.8 Å². The van der Waals surface area contributed by atoms with Crippen LogP contribution in [0.15, 0.2) is 21.8 Å². The van der Waals surface area contributed by atoms with Crippen molar-refractivity contribution in [1.82, 2.24) is 15.2 Å². The molecule has 1 aromatic heterocycles. The van der Waals surface area contributed by atoms with Crippen LogP contribution in [-0.2, 0) is 11.2 Å². The second-order valence-corrected chi connectivity index (χ2v) is 11.7. The number of aromatic amines is 1. The van der Waals surface area contributed by atoms with Gasteiger partial charge in [0.15, 0.2) is 11.5 Å². The number of carbonyl (C=O) groups excluding carboxylic acids is 1. The van der Waals surface area contributed by atoms with Crippen LogP contribution in [0.2, 0.25) is 5.02 Å². The number of pyridine rings is 1. The Kier molecular flexibility index (Phi) is 7.26. The lowest BCUT2D eigenvalue weighted by Gasteiger charge is -2.39. The van der Waals surface area contributed by atoms with Crippen molar-refractivity contribution in [3.8, 4) is 11.5 Å². The summed E-state index contributed by atoms with van der Waals surface area (Å²) < 4.78 is 35.7. The maximum Gasteiger partial charge on any atom is 0.254 e. The molecule has 2 fully saturated rings. The first-order valence-electron chi connectivity index (χ1n) is 14.1. The predicted molar refractivity (Wildman–Crippen MR) is 149 cm³/mol. The van der Waals surface area contributed by atoms with Gasteiger partial charge in [-0.2, -0.15) is 0 Å². The first-order valence-corrected chi connectivity index (χ1v) is 14.7. The summed E-state index contributed by atoms with van der Waals surface area (Å²) in [6.45, 7) is 6.59. The minimum atomic E-state index is -2.43. The molecule has 2 N–H and O–H groups in total. The molecular weight excluding hydrogens is 526 g/mol. The van der Waals surface area contributed by atoms with Crippen molar-refractivity contribution in [2.75, 3.05) is 32.5 Å². The van der Waals surface area contributed by atoms with Crippen molar-refractivity contribution in [2.45, 2.75) is 69.7 Å². The summed E-state index contributed by atoms with van der Waals surface area (Å²) in [6.07, 6.45) is 6.11. The highest BCUT2D eigenvalue weighted by molar-refractivity contribution is 7.98. The molecule has 0 radical (unpaired) electrons. The van der Waals surface area contributed by atoms with Crippen molar-refractivity contribution in [1.29, 1.82) is 0 Å². The van der Waals surface area contributed by atoms with Gasteiger partial charge in [-0.1, -0.05) is 11.6 Å². The Labute approximate surface area is 235 Å². The van der Waals surface area contributed by atoms with Gasteiger partial charge in [-0.3, -0.25) is 9.59 Å². The van der Waals surface area contributed by atoms with Crippen LogP contribution in [0, 0.1) is 19.8 Å². The maximum atomic E-state index is 13.4. The molecule has 2 atom stereocenters. The third-order valence-electron chi connectivity index (χ3n) is 7.76. The van der Waals surface area contributed by atoms with E-state index in [0.29, 0.717) is 33.8 Å². The molecule has 10 heteroatoms. The number of hydrogen-bond donors (Lipinski definition) is 2. The Balaban J connectivity index is 1.32. The van der Waals surface area contributed by atoms with E-state index in [-0.39, 0.29) is 22.1 Å². The number of ether oxygens (including phenoxy) is 3. The molecule has 1 amide bonds. The topological polar surface area (TPSA) is 92.9 Å². The van der Waals surface area contributed by atoms with Gasteiger partial charge in [-0.25, -0.2) is 0 Å². The zero-order chi connectivity index (χ0) is 28.8. The standard InChI is InChI=1S/C28H36ClN3O5S/c1-16-12-23(38-4)21(27(34)31-16)14-30-26(33)20-13-22(29)25-24(17(20)2)36-28(3,37-25)18-7-9-32(10-8-18)15-19-6-5-11-35-19/h12-13,18-19H,5-11,14-15H2,1-4H3,(H,30,33)(H,31,34)/t19-,28+/m0/s1/i14D2. The van der Waals surface area contributed by atoms with Crippen molar-refractivity contribution in [3.63, 3.8) is 0 Å². The number of amides is 1. The second kappa shape index (κ2) is 11.1. The van der Waals surface area contributed by atoms with E-state index in [9.17, 15) is 9.59 Å². The fourth-order valence-electron chi connectivity index (χ4n) is 5.59. The van der Waals surface area contributed by atoms with E-state index in [4.69, 9.17) is 28.6 Å². The lowest BCUT2D eigenvalue weighted by molar-refractivity contribution is -0.126. The molecule has 0 saturated carbocycles. The molecular formula is C28H36ClN3O5S. The quantitative estimate of drug-likeness (QED) is 0.473. The van der Waals surface area contributed by atoms with Gasteiger partial charge >= 0.3 is 0 Å². The molecule has 3 aliphatic rings. The van der Waals surface area contributed by atoms with Gasteiger partial charge < -0.3 is 29.4 Å². The molecule has 8 nitrogen and oxygen atoms in total. The van der Waals surface area contributed by atoms with Crippen LogP contribution in [0.3, 0.4) is 0 Å². The van der Waals surface area contributed by atoms with E-state index in [0.717, 1.165) is 51.9 Å². The first kappa shape index (κ1) is 24.8. The van der Waals surface area contributed by atoms with Crippen LogP contribution in [-0.4, -0.2) is 60.2 Å². The van der Waals surface area contributed by atoms with Gasteiger partial charge in [0.25, 0.3) is 17.3 Å². The molecule has 0 spiro atoms. The molecule has 5 rings (SSSR count). The van der Waals surface area contributed by atoms with Crippen LogP contribution in [0.25, 0.3) is 0 Å². The van der Waals surface area contributed by atoms with Gasteiger partial charge in [-0.15, -0.1) is 11.8 Å². The number of carbonyl (C=O) groups is 1. The third kappa shape index (κ3) is 5.43. The number of likely N-dealkylation sites (tertiary alicyclic amines) is 1. The summed E-state index contributed by atoms with van der Waals surface area (Å²) in [4.78, 5) is 31.6. The van der Waals surface area contributed by atoms with Crippen LogP contribution < -0.4 is 20.3 Å². The number of aromatic nitrogens is 1. The largest absolute Gasteiger partial charge is 0.448 e. The average Bonchev–Trinajstić information content (AvgIpc) is 3.54. The number of H-pyrrole nitrogens is 1. The number of halogens is 1. The van der Waals surface area contributed by atoms with E-state index < -0.39 is 23.8 Å².